The van der Waals surface area contributed by atoms with Crippen LogP contribution in [-0.2, 0) is 14.4 Å². The van der Waals surface area contributed by atoms with Gasteiger partial charge in [-0.3, -0.25) is 14.4 Å². The lowest BCUT2D eigenvalue weighted by Crippen LogP contribution is -2.53. The number of nitrogens with one attached hydrogen (secondary N) is 3. The zero-order valence-electron chi connectivity index (χ0n) is 20.0. The molecular formula is C23H35ClN4O6. The molecule has 3 atom stereocenters. The molecule has 0 aliphatic carbocycles. The van der Waals surface area contributed by atoms with Crippen molar-refractivity contribution >= 4 is 35.3 Å². The molecular weight excluding hydrogens is 464 g/mol. The summed E-state index contributed by atoms with van der Waals surface area (Å²) in [6.07, 6.45) is 0.249. The number of hydrogen-bond acceptors (Lipinski definition) is 6. The van der Waals surface area contributed by atoms with Crippen molar-refractivity contribution in [3.8, 4) is 5.75 Å². The monoisotopic (exact) mass is 498 g/mol. The summed E-state index contributed by atoms with van der Waals surface area (Å²) < 4.78 is 5.71. The number of carboxylic acid groups (broad SMARTS) is 1. The molecule has 0 radical (unpaired) electrons. The van der Waals surface area contributed by atoms with Gasteiger partial charge in [0.15, 0.2) is 0 Å². The minimum atomic E-state index is -1.19. The van der Waals surface area contributed by atoms with E-state index in [0.29, 0.717) is 18.0 Å². The van der Waals surface area contributed by atoms with Gasteiger partial charge in [0.25, 0.3) is 5.91 Å². The van der Waals surface area contributed by atoms with Crippen LogP contribution in [0.5, 0.6) is 5.75 Å². The van der Waals surface area contributed by atoms with Crippen molar-refractivity contribution in [2.24, 2.45) is 11.7 Å². The Morgan fingerprint density at radius 2 is 1.82 bits per heavy atom. The number of rotatable bonds is 15. The third kappa shape index (κ3) is 9.96. The lowest BCUT2D eigenvalue weighted by molar-refractivity contribution is -0.143. The Morgan fingerprint density at radius 3 is 2.38 bits per heavy atom. The fourth-order valence-electron chi connectivity index (χ4n) is 3.04. The highest BCUT2D eigenvalue weighted by molar-refractivity contribution is 6.30. The van der Waals surface area contributed by atoms with E-state index >= 15 is 0 Å². The van der Waals surface area contributed by atoms with Crippen molar-refractivity contribution in [1.82, 2.24) is 16.0 Å². The Bertz CT molecular complexity index is 864. The fraction of sp³-hybridized carbons (Fsp3) is 0.565. The molecule has 0 aliphatic rings. The van der Waals surface area contributed by atoms with Crippen molar-refractivity contribution in [2.75, 3.05) is 13.2 Å². The van der Waals surface area contributed by atoms with Gasteiger partial charge in [-0.15, -0.1) is 0 Å². The Balaban J connectivity index is 3.05. The highest BCUT2D eigenvalue weighted by atomic mass is 35.5. The largest absolute Gasteiger partial charge is 0.491 e. The number of aliphatic carboxylic acids is 1. The van der Waals surface area contributed by atoms with E-state index in [4.69, 9.17) is 22.1 Å². The van der Waals surface area contributed by atoms with Gasteiger partial charge in [0.2, 0.25) is 11.8 Å². The maximum atomic E-state index is 13.0. The SMILES string of the molecule is CC[C@H](C)[C@H](NC(=O)[C@H](CCC(N)=O)NC(=O)c1ccc(Cl)cc1OCCNC(C)C)C(=O)O. The first kappa shape index (κ1) is 29.2. The Kier molecular flexibility index (Phi) is 12.4. The van der Waals surface area contributed by atoms with Gasteiger partial charge < -0.3 is 31.5 Å². The van der Waals surface area contributed by atoms with Crippen molar-refractivity contribution in [3.63, 3.8) is 0 Å². The van der Waals surface area contributed by atoms with E-state index in [1.807, 2.05) is 13.8 Å². The van der Waals surface area contributed by atoms with E-state index in [-0.39, 0.29) is 42.7 Å². The van der Waals surface area contributed by atoms with Crippen molar-refractivity contribution in [1.29, 1.82) is 0 Å². The molecule has 0 bridgehead atoms. The highest BCUT2D eigenvalue weighted by Crippen LogP contribution is 2.24. The summed E-state index contributed by atoms with van der Waals surface area (Å²) in [5.74, 6) is -3.32. The molecule has 3 amide bonds. The molecule has 11 heteroatoms. The van der Waals surface area contributed by atoms with E-state index in [1.165, 1.54) is 18.2 Å². The Labute approximate surface area is 204 Å². The van der Waals surface area contributed by atoms with Crippen LogP contribution in [0.15, 0.2) is 18.2 Å². The second kappa shape index (κ2) is 14.4. The Morgan fingerprint density at radius 1 is 1.15 bits per heavy atom. The van der Waals surface area contributed by atoms with Gasteiger partial charge in [0.05, 0.1) is 5.56 Å². The third-order valence-electron chi connectivity index (χ3n) is 5.18. The number of benzene rings is 1. The molecule has 0 unspecified atom stereocenters. The number of amides is 3. The van der Waals surface area contributed by atoms with Crippen LogP contribution < -0.4 is 26.4 Å². The smallest absolute Gasteiger partial charge is 0.326 e. The molecule has 0 saturated heterocycles. The van der Waals surface area contributed by atoms with E-state index in [0.717, 1.165) is 0 Å². The van der Waals surface area contributed by atoms with Crippen LogP contribution in [0.4, 0.5) is 0 Å². The van der Waals surface area contributed by atoms with Gasteiger partial charge in [-0.1, -0.05) is 45.7 Å². The molecule has 190 valence electrons. The average molecular weight is 499 g/mol. The van der Waals surface area contributed by atoms with Crippen LogP contribution in [0.1, 0.15) is 57.3 Å². The minimum Gasteiger partial charge on any atom is -0.491 e. The molecule has 0 saturated carbocycles. The van der Waals surface area contributed by atoms with Crippen LogP contribution in [0.2, 0.25) is 5.02 Å². The summed E-state index contributed by atoms with van der Waals surface area (Å²) in [4.78, 5) is 48.8. The highest BCUT2D eigenvalue weighted by Gasteiger charge is 2.30. The summed E-state index contributed by atoms with van der Waals surface area (Å²) in [7, 11) is 0. The number of carbonyl (C=O) groups excluding carboxylic acids is 3. The van der Waals surface area contributed by atoms with E-state index in [1.54, 1.807) is 13.8 Å². The topological polar surface area (TPSA) is 160 Å². The predicted octanol–water partition coefficient (Wildman–Crippen LogP) is 1.70. The van der Waals surface area contributed by atoms with Crippen molar-refractivity contribution in [2.45, 2.75) is 65.1 Å². The Hall–Kier alpha value is -2.85. The first-order valence-corrected chi connectivity index (χ1v) is 11.6. The quantitative estimate of drug-likeness (QED) is 0.230. The van der Waals surface area contributed by atoms with Crippen LogP contribution >= 0.6 is 11.6 Å². The van der Waals surface area contributed by atoms with Crippen molar-refractivity contribution < 1.29 is 29.0 Å². The van der Waals surface area contributed by atoms with E-state index < -0.39 is 35.8 Å². The summed E-state index contributed by atoms with van der Waals surface area (Å²) in [5.41, 5.74) is 5.36. The summed E-state index contributed by atoms with van der Waals surface area (Å²) in [6, 6.07) is 2.40. The zero-order valence-corrected chi connectivity index (χ0v) is 20.8. The number of primary amides is 1. The fourth-order valence-corrected chi connectivity index (χ4v) is 3.20. The number of carboxylic acids is 1. The van der Waals surface area contributed by atoms with Crippen molar-refractivity contribution in [3.05, 3.63) is 28.8 Å². The summed E-state index contributed by atoms with van der Waals surface area (Å²) >= 11 is 6.06. The first-order valence-electron chi connectivity index (χ1n) is 11.2. The van der Waals surface area contributed by atoms with Crippen LogP contribution in [0.3, 0.4) is 0 Å². The molecule has 1 aromatic carbocycles. The minimum absolute atomic E-state index is 0.0954. The molecule has 1 aromatic rings. The standard InChI is InChI=1S/C23H35ClN4O6/c1-5-14(4)20(23(32)33)28-22(31)17(8-9-19(25)29)27-21(30)16-7-6-15(24)12-18(16)34-11-10-26-13(2)3/h6-7,12-14,17,20,26H,5,8-11H2,1-4H3,(H2,25,29)(H,27,30)(H,28,31)(H,32,33)/t14-,17-,20-/m0/s1. The van der Waals surface area contributed by atoms with Gasteiger partial charge in [0, 0.05) is 24.0 Å². The molecule has 0 spiro atoms. The molecule has 0 aliphatic heterocycles. The second-order valence-electron chi connectivity index (χ2n) is 8.34. The second-order valence-corrected chi connectivity index (χ2v) is 8.78. The molecule has 0 heterocycles. The van der Waals surface area contributed by atoms with Gasteiger partial charge in [-0.25, -0.2) is 4.79 Å². The molecule has 6 N–H and O–H groups in total. The molecule has 10 nitrogen and oxygen atoms in total. The third-order valence-corrected chi connectivity index (χ3v) is 5.41. The van der Waals surface area contributed by atoms with E-state index in [2.05, 4.69) is 16.0 Å². The number of hydrogen-bond donors (Lipinski definition) is 5. The summed E-state index contributed by atoms with van der Waals surface area (Å²) in [5, 5.41) is 18.1. The van der Waals surface area contributed by atoms with Gasteiger partial charge in [-0.2, -0.15) is 0 Å². The normalized spacial score (nSPS) is 13.6. The molecule has 1 rings (SSSR count). The number of ether oxygens (including phenoxy) is 1. The molecule has 0 fully saturated rings. The van der Waals surface area contributed by atoms with Gasteiger partial charge in [-0.05, 0) is 30.5 Å². The molecule has 0 aromatic heterocycles. The maximum absolute atomic E-state index is 13.0. The van der Waals surface area contributed by atoms with E-state index in [9.17, 15) is 24.3 Å². The number of carbonyl (C=O) groups is 4. The zero-order chi connectivity index (χ0) is 25.8. The molecule has 34 heavy (non-hydrogen) atoms. The number of halogens is 1. The van der Waals surface area contributed by atoms with Gasteiger partial charge >= 0.3 is 5.97 Å². The van der Waals surface area contributed by atoms with Crippen LogP contribution in [-0.4, -0.2) is 60.1 Å². The maximum Gasteiger partial charge on any atom is 0.326 e. The summed E-state index contributed by atoms with van der Waals surface area (Å²) in [6.45, 7) is 8.30. The average Bonchev–Trinajstić information content (AvgIpc) is 2.76. The first-order chi connectivity index (χ1) is 16.0. The van der Waals surface area contributed by atoms with Gasteiger partial charge in [0.1, 0.15) is 24.4 Å². The van der Waals surface area contributed by atoms with Crippen LogP contribution in [0, 0.1) is 5.92 Å². The lowest BCUT2D eigenvalue weighted by atomic mass is 9.98. The van der Waals surface area contributed by atoms with Crippen LogP contribution in [0.25, 0.3) is 0 Å². The number of nitrogens with two attached hydrogens (primary N) is 1. The lowest BCUT2D eigenvalue weighted by Gasteiger charge is -2.24. The predicted molar refractivity (Wildman–Crippen MR) is 129 cm³/mol.